The Balaban J connectivity index is 2.10. The molecule has 0 N–H and O–H groups in total. The van der Waals surface area contributed by atoms with Crippen LogP contribution in [0, 0.1) is 0 Å². The summed E-state index contributed by atoms with van der Waals surface area (Å²) in [7, 11) is 1.60. The minimum atomic E-state index is -0.471. The molecule has 0 bridgehead atoms. The number of aromatic nitrogens is 1. The van der Waals surface area contributed by atoms with Crippen molar-refractivity contribution < 1.29 is 14.3 Å². The van der Waals surface area contributed by atoms with Crippen LogP contribution in [0.4, 0.5) is 4.79 Å². The van der Waals surface area contributed by atoms with E-state index in [0.717, 1.165) is 29.6 Å². The molecule has 0 saturated carbocycles. The van der Waals surface area contributed by atoms with Gasteiger partial charge in [-0.25, -0.2) is 9.78 Å². The van der Waals surface area contributed by atoms with Crippen molar-refractivity contribution in [2.75, 3.05) is 20.2 Å². The fraction of sp³-hybridized carbons (Fsp3) is 0.625. The highest BCUT2D eigenvalue weighted by atomic mass is 79.9. The molecule has 0 radical (unpaired) electrons. The summed E-state index contributed by atoms with van der Waals surface area (Å²) < 4.78 is 11.6. The summed E-state index contributed by atoms with van der Waals surface area (Å²) in [6.07, 6.45) is 1.70. The van der Waals surface area contributed by atoms with Crippen molar-refractivity contribution in [1.82, 2.24) is 9.88 Å². The molecule has 6 heteroatoms. The Morgan fingerprint density at radius 3 is 2.77 bits per heavy atom. The molecular formula is C16H23BrN2O3. The topological polar surface area (TPSA) is 51.7 Å². The largest absolute Gasteiger partial charge is 0.481 e. The quantitative estimate of drug-likeness (QED) is 0.790. The Morgan fingerprint density at radius 2 is 2.14 bits per heavy atom. The van der Waals surface area contributed by atoms with Crippen molar-refractivity contribution in [3.05, 3.63) is 22.3 Å². The van der Waals surface area contributed by atoms with Gasteiger partial charge in [-0.2, -0.15) is 0 Å². The van der Waals surface area contributed by atoms with Gasteiger partial charge >= 0.3 is 6.09 Å². The van der Waals surface area contributed by atoms with Crippen LogP contribution in [0.1, 0.15) is 45.2 Å². The van der Waals surface area contributed by atoms with Crippen LogP contribution < -0.4 is 4.74 Å². The van der Waals surface area contributed by atoms with Crippen molar-refractivity contribution in [2.45, 2.75) is 45.1 Å². The van der Waals surface area contributed by atoms with Gasteiger partial charge in [-0.15, -0.1) is 0 Å². The molecule has 1 unspecified atom stereocenters. The van der Waals surface area contributed by atoms with E-state index in [2.05, 4.69) is 20.9 Å². The molecule has 1 fully saturated rings. The number of nitrogens with zero attached hydrogens (tertiary/aromatic N) is 2. The Bertz CT molecular complexity index is 543. The number of carbonyl (C=O) groups is 1. The van der Waals surface area contributed by atoms with Crippen LogP contribution in [-0.4, -0.2) is 41.8 Å². The summed E-state index contributed by atoms with van der Waals surface area (Å²) in [5, 5.41) is 0. The van der Waals surface area contributed by atoms with Crippen LogP contribution in [0.15, 0.2) is 16.6 Å². The van der Waals surface area contributed by atoms with Gasteiger partial charge in [-0.05, 0) is 39.7 Å². The molecule has 22 heavy (non-hydrogen) atoms. The first-order valence-electron chi connectivity index (χ1n) is 7.48. The monoisotopic (exact) mass is 370 g/mol. The van der Waals surface area contributed by atoms with E-state index in [1.165, 1.54) is 0 Å². The molecule has 1 aliphatic rings. The van der Waals surface area contributed by atoms with Gasteiger partial charge in [0.25, 0.3) is 0 Å². The standard InChI is InChI=1S/C16H23BrN2O3/c1-16(2,3)22-15(20)19-7-5-6-11(10-19)13-8-12(17)9-14(18-13)21-4/h8-9,11H,5-7,10H2,1-4H3. The van der Waals surface area contributed by atoms with Crippen LogP contribution >= 0.6 is 15.9 Å². The summed E-state index contributed by atoms with van der Waals surface area (Å²) in [5.74, 6) is 0.784. The van der Waals surface area contributed by atoms with E-state index in [9.17, 15) is 4.79 Å². The van der Waals surface area contributed by atoms with Crippen molar-refractivity contribution >= 4 is 22.0 Å². The van der Waals surface area contributed by atoms with Gasteiger partial charge in [-0.3, -0.25) is 0 Å². The van der Waals surface area contributed by atoms with Gasteiger partial charge in [0.2, 0.25) is 5.88 Å². The van der Waals surface area contributed by atoms with Crippen molar-refractivity contribution in [1.29, 1.82) is 0 Å². The SMILES string of the molecule is COc1cc(Br)cc(C2CCCN(C(=O)OC(C)(C)C)C2)n1. The fourth-order valence-electron chi connectivity index (χ4n) is 2.52. The van der Waals surface area contributed by atoms with Crippen LogP contribution in [0.25, 0.3) is 0 Å². The number of ether oxygens (including phenoxy) is 2. The van der Waals surface area contributed by atoms with Crippen molar-refractivity contribution in [3.8, 4) is 5.88 Å². The molecule has 2 heterocycles. The number of hydrogen-bond acceptors (Lipinski definition) is 4. The van der Waals surface area contributed by atoms with E-state index < -0.39 is 5.60 Å². The second kappa shape index (κ2) is 6.86. The molecule has 5 nitrogen and oxygen atoms in total. The Kier molecular flexibility index (Phi) is 5.32. The number of amides is 1. The van der Waals surface area contributed by atoms with Crippen molar-refractivity contribution in [3.63, 3.8) is 0 Å². The molecule has 0 aliphatic carbocycles. The smallest absolute Gasteiger partial charge is 0.410 e. The molecule has 1 saturated heterocycles. The van der Waals surface area contributed by atoms with Crippen LogP contribution in [-0.2, 0) is 4.74 Å². The van der Waals surface area contributed by atoms with Crippen LogP contribution in [0.3, 0.4) is 0 Å². The molecule has 0 aromatic carbocycles. The number of pyridine rings is 1. The normalized spacial score (nSPS) is 19.0. The van der Waals surface area contributed by atoms with E-state index in [0.29, 0.717) is 12.4 Å². The van der Waals surface area contributed by atoms with Crippen molar-refractivity contribution in [2.24, 2.45) is 0 Å². The first kappa shape index (κ1) is 17.1. The van der Waals surface area contributed by atoms with E-state index in [4.69, 9.17) is 9.47 Å². The molecule has 1 aromatic heterocycles. The second-order valence-electron chi connectivity index (χ2n) is 6.52. The van der Waals surface area contributed by atoms with Crippen LogP contribution in [0.5, 0.6) is 5.88 Å². The number of halogens is 1. The third kappa shape index (κ3) is 4.60. The number of likely N-dealkylation sites (tertiary alicyclic amines) is 1. The lowest BCUT2D eigenvalue weighted by molar-refractivity contribution is 0.0197. The molecule has 1 atom stereocenters. The summed E-state index contributed by atoms with van der Waals surface area (Å²) in [5.41, 5.74) is 0.473. The zero-order valence-corrected chi connectivity index (χ0v) is 15.1. The summed E-state index contributed by atoms with van der Waals surface area (Å²) in [6.45, 7) is 7.01. The summed E-state index contributed by atoms with van der Waals surface area (Å²) in [4.78, 5) is 18.5. The first-order valence-corrected chi connectivity index (χ1v) is 8.27. The van der Waals surface area contributed by atoms with E-state index >= 15 is 0 Å². The van der Waals surface area contributed by atoms with Gasteiger partial charge in [0.05, 0.1) is 12.8 Å². The lowest BCUT2D eigenvalue weighted by atomic mass is 9.94. The maximum absolute atomic E-state index is 12.2. The van der Waals surface area contributed by atoms with Gasteiger partial charge in [-0.1, -0.05) is 15.9 Å². The highest BCUT2D eigenvalue weighted by Gasteiger charge is 2.29. The average molecular weight is 371 g/mol. The molecular weight excluding hydrogens is 348 g/mol. The average Bonchev–Trinajstić information content (AvgIpc) is 2.45. The number of carbonyl (C=O) groups excluding carboxylic acids is 1. The van der Waals surface area contributed by atoms with E-state index in [1.54, 1.807) is 12.0 Å². The van der Waals surface area contributed by atoms with E-state index in [1.807, 2.05) is 32.9 Å². The third-order valence-corrected chi connectivity index (χ3v) is 3.94. The summed E-state index contributed by atoms with van der Waals surface area (Å²) in [6, 6.07) is 3.82. The molecule has 2 rings (SSSR count). The van der Waals surface area contributed by atoms with Crippen LogP contribution in [0.2, 0.25) is 0 Å². The Labute approximate surface area is 140 Å². The second-order valence-corrected chi connectivity index (χ2v) is 7.43. The zero-order chi connectivity index (χ0) is 16.3. The minimum absolute atomic E-state index is 0.202. The number of hydrogen-bond donors (Lipinski definition) is 0. The maximum Gasteiger partial charge on any atom is 0.410 e. The molecule has 1 aromatic rings. The highest BCUT2D eigenvalue weighted by molar-refractivity contribution is 9.10. The third-order valence-electron chi connectivity index (χ3n) is 3.49. The minimum Gasteiger partial charge on any atom is -0.481 e. The number of piperidine rings is 1. The highest BCUT2D eigenvalue weighted by Crippen LogP contribution is 2.30. The summed E-state index contributed by atoms with van der Waals surface area (Å²) >= 11 is 3.48. The van der Waals surface area contributed by atoms with Gasteiger partial charge in [0, 0.05) is 29.5 Å². The zero-order valence-electron chi connectivity index (χ0n) is 13.6. The number of methoxy groups -OCH3 is 1. The maximum atomic E-state index is 12.2. The van der Waals surface area contributed by atoms with E-state index in [-0.39, 0.29) is 12.0 Å². The molecule has 1 aliphatic heterocycles. The predicted octanol–water partition coefficient (Wildman–Crippen LogP) is 3.97. The lowest BCUT2D eigenvalue weighted by Crippen LogP contribution is -2.42. The molecule has 0 spiro atoms. The predicted molar refractivity (Wildman–Crippen MR) is 88.3 cm³/mol. The Morgan fingerprint density at radius 1 is 1.41 bits per heavy atom. The molecule has 122 valence electrons. The fourth-order valence-corrected chi connectivity index (χ4v) is 2.95. The van der Waals surface area contributed by atoms with Gasteiger partial charge < -0.3 is 14.4 Å². The Hall–Kier alpha value is -1.30. The lowest BCUT2D eigenvalue weighted by Gasteiger charge is -2.34. The van der Waals surface area contributed by atoms with Gasteiger partial charge in [0.1, 0.15) is 5.60 Å². The first-order chi connectivity index (χ1) is 10.3. The molecule has 1 amide bonds. The number of rotatable bonds is 2. The van der Waals surface area contributed by atoms with Gasteiger partial charge in [0.15, 0.2) is 0 Å².